The first-order valence-electron chi connectivity index (χ1n) is 7.26. The standard InChI is InChI=1S/C17H22N2O2/c1-4-21-15-8-6-14(7-9-15)19-16(12(2)3)10-5-13(11-18)17(19)20/h5-10,12H,4,11,18H2,1-3H3. The smallest absolute Gasteiger partial charge is 0.259 e. The zero-order valence-corrected chi connectivity index (χ0v) is 12.8. The summed E-state index contributed by atoms with van der Waals surface area (Å²) in [4.78, 5) is 12.6. The Hall–Kier alpha value is -2.07. The van der Waals surface area contributed by atoms with Crippen molar-refractivity contribution in [2.75, 3.05) is 6.61 Å². The molecule has 0 bridgehead atoms. The molecule has 21 heavy (non-hydrogen) atoms. The van der Waals surface area contributed by atoms with Gasteiger partial charge in [0.15, 0.2) is 0 Å². The summed E-state index contributed by atoms with van der Waals surface area (Å²) in [6, 6.07) is 11.4. The van der Waals surface area contributed by atoms with Crippen molar-refractivity contribution in [2.45, 2.75) is 33.2 Å². The molecule has 1 aromatic carbocycles. The van der Waals surface area contributed by atoms with Gasteiger partial charge in [0.25, 0.3) is 5.56 Å². The number of aromatic nitrogens is 1. The molecule has 4 heteroatoms. The Kier molecular flexibility index (Phi) is 4.81. The van der Waals surface area contributed by atoms with Crippen LogP contribution in [0.3, 0.4) is 0 Å². The molecule has 0 fully saturated rings. The van der Waals surface area contributed by atoms with Crippen LogP contribution in [-0.2, 0) is 6.54 Å². The molecule has 0 aliphatic rings. The van der Waals surface area contributed by atoms with E-state index in [1.165, 1.54) is 0 Å². The van der Waals surface area contributed by atoms with E-state index >= 15 is 0 Å². The molecule has 0 aliphatic heterocycles. The van der Waals surface area contributed by atoms with E-state index in [2.05, 4.69) is 13.8 Å². The summed E-state index contributed by atoms with van der Waals surface area (Å²) in [5.41, 5.74) is 8.03. The molecule has 0 saturated heterocycles. The van der Waals surface area contributed by atoms with Crippen molar-refractivity contribution in [3.63, 3.8) is 0 Å². The van der Waals surface area contributed by atoms with Crippen LogP contribution >= 0.6 is 0 Å². The van der Waals surface area contributed by atoms with Gasteiger partial charge >= 0.3 is 0 Å². The minimum absolute atomic E-state index is 0.0483. The molecule has 112 valence electrons. The highest BCUT2D eigenvalue weighted by Crippen LogP contribution is 2.20. The first-order valence-corrected chi connectivity index (χ1v) is 7.26. The quantitative estimate of drug-likeness (QED) is 0.919. The van der Waals surface area contributed by atoms with Gasteiger partial charge in [0.05, 0.1) is 6.61 Å². The average molecular weight is 286 g/mol. The summed E-state index contributed by atoms with van der Waals surface area (Å²) in [6.45, 7) is 6.96. The lowest BCUT2D eigenvalue weighted by Gasteiger charge is -2.17. The van der Waals surface area contributed by atoms with Crippen LogP contribution in [0.4, 0.5) is 0 Å². The Labute approximate surface area is 125 Å². The monoisotopic (exact) mass is 286 g/mol. The molecule has 0 spiro atoms. The molecule has 4 nitrogen and oxygen atoms in total. The maximum absolute atomic E-state index is 12.6. The lowest BCUT2D eigenvalue weighted by Crippen LogP contribution is -2.27. The number of benzene rings is 1. The van der Waals surface area contributed by atoms with Gasteiger partial charge in [-0.2, -0.15) is 0 Å². The van der Waals surface area contributed by atoms with Gasteiger partial charge in [-0.1, -0.05) is 19.9 Å². The van der Waals surface area contributed by atoms with Gasteiger partial charge in [-0.05, 0) is 43.2 Å². The highest BCUT2D eigenvalue weighted by atomic mass is 16.5. The van der Waals surface area contributed by atoms with Gasteiger partial charge in [0, 0.05) is 23.5 Å². The van der Waals surface area contributed by atoms with Gasteiger partial charge in [-0.15, -0.1) is 0 Å². The number of hydrogen-bond donors (Lipinski definition) is 1. The van der Waals surface area contributed by atoms with Gasteiger partial charge in [-0.3, -0.25) is 9.36 Å². The minimum Gasteiger partial charge on any atom is -0.494 e. The molecule has 2 aromatic rings. The van der Waals surface area contributed by atoms with Crippen molar-refractivity contribution in [2.24, 2.45) is 5.73 Å². The molecule has 0 amide bonds. The van der Waals surface area contributed by atoms with E-state index in [4.69, 9.17) is 10.5 Å². The van der Waals surface area contributed by atoms with E-state index in [9.17, 15) is 4.79 Å². The summed E-state index contributed by atoms with van der Waals surface area (Å²) in [5.74, 6) is 1.05. The van der Waals surface area contributed by atoms with E-state index in [-0.39, 0.29) is 18.0 Å². The summed E-state index contributed by atoms with van der Waals surface area (Å²) in [6.07, 6.45) is 0. The molecular weight excluding hydrogens is 264 g/mol. The van der Waals surface area contributed by atoms with E-state index in [1.807, 2.05) is 43.3 Å². The SMILES string of the molecule is CCOc1ccc(-n2c(C(C)C)ccc(CN)c2=O)cc1. The predicted octanol–water partition coefficient (Wildman–Crippen LogP) is 2.82. The van der Waals surface area contributed by atoms with Crippen molar-refractivity contribution < 1.29 is 4.74 Å². The maximum atomic E-state index is 12.6. The Bertz CT molecular complexity index is 657. The van der Waals surface area contributed by atoms with Crippen LogP contribution in [0, 0.1) is 0 Å². The molecule has 0 unspecified atom stereocenters. The van der Waals surface area contributed by atoms with Gasteiger partial charge in [0.2, 0.25) is 0 Å². The van der Waals surface area contributed by atoms with Gasteiger partial charge in [-0.25, -0.2) is 0 Å². The Morgan fingerprint density at radius 3 is 2.33 bits per heavy atom. The molecule has 1 heterocycles. The summed E-state index contributed by atoms with van der Waals surface area (Å²) >= 11 is 0. The van der Waals surface area contributed by atoms with Crippen molar-refractivity contribution in [1.82, 2.24) is 4.57 Å². The van der Waals surface area contributed by atoms with Gasteiger partial charge in [0.1, 0.15) is 5.75 Å². The number of nitrogens with two attached hydrogens (primary N) is 1. The number of nitrogens with zero attached hydrogens (tertiary/aromatic N) is 1. The second-order valence-corrected chi connectivity index (χ2v) is 5.21. The lowest BCUT2D eigenvalue weighted by molar-refractivity contribution is 0.340. The average Bonchev–Trinajstić information content (AvgIpc) is 2.48. The van der Waals surface area contributed by atoms with Crippen LogP contribution < -0.4 is 16.0 Å². The molecule has 1 aromatic heterocycles. The first-order chi connectivity index (χ1) is 10.1. The number of rotatable bonds is 5. The Balaban J connectivity index is 2.57. The second-order valence-electron chi connectivity index (χ2n) is 5.21. The first kappa shape index (κ1) is 15.3. The third kappa shape index (κ3) is 3.16. The fourth-order valence-electron chi connectivity index (χ4n) is 2.32. The molecule has 0 atom stereocenters. The molecular formula is C17H22N2O2. The fraction of sp³-hybridized carbons (Fsp3) is 0.353. The van der Waals surface area contributed by atoms with Crippen LogP contribution in [0.2, 0.25) is 0 Å². The summed E-state index contributed by atoms with van der Waals surface area (Å²) in [7, 11) is 0. The van der Waals surface area contributed by atoms with Crippen LogP contribution in [0.15, 0.2) is 41.2 Å². The largest absolute Gasteiger partial charge is 0.494 e. The van der Waals surface area contributed by atoms with E-state index in [0.717, 1.165) is 17.1 Å². The van der Waals surface area contributed by atoms with Crippen molar-refractivity contribution in [3.05, 3.63) is 58.0 Å². The highest BCUT2D eigenvalue weighted by Gasteiger charge is 2.12. The van der Waals surface area contributed by atoms with Crippen LogP contribution in [0.5, 0.6) is 5.75 Å². The third-order valence-corrected chi connectivity index (χ3v) is 3.41. The third-order valence-electron chi connectivity index (χ3n) is 3.41. The van der Waals surface area contributed by atoms with E-state index in [0.29, 0.717) is 12.2 Å². The maximum Gasteiger partial charge on any atom is 0.259 e. The summed E-state index contributed by atoms with van der Waals surface area (Å²) in [5, 5.41) is 0. The Morgan fingerprint density at radius 1 is 1.14 bits per heavy atom. The molecule has 0 aliphatic carbocycles. The predicted molar refractivity (Wildman–Crippen MR) is 85.2 cm³/mol. The molecule has 2 rings (SSSR count). The number of hydrogen-bond acceptors (Lipinski definition) is 3. The van der Waals surface area contributed by atoms with E-state index in [1.54, 1.807) is 4.57 Å². The van der Waals surface area contributed by atoms with Crippen LogP contribution in [-0.4, -0.2) is 11.2 Å². The topological polar surface area (TPSA) is 57.2 Å². The number of ether oxygens (including phenoxy) is 1. The normalized spacial score (nSPS) is 10.9. The van der Waals surface area contributed by atoms with Crippen LogP contribution in [0.25, 0.3) is 5.69 Å². The van der Waals surface area contributed by atoms with Gasteiger partial charge < -0.3 is 10.5 Å². The second kappa shape index (κ2) is 6.59. The molecule has 0 radical (unpaired) electrons. The number of pyridine rings is 1. The molecule has 2 N–H and O–H groups in total. The van der Waals surface area contributed by atoms with Crippen molar-refractivity contribution in [1.29, 1.82) is 0 Å². The van der Waals surface area contributed by atoms with E-state index < -0.39 is 0 Å². The molecule has 0 saturated carbocycles. The van der Waals surface area contributed by atoms with Crippen molar-refractivity contribution in [3.8, 4) is 11.4 Å². The minimum atomic E-state index is -0.0483. The lowest BCUT2D eigenvalue weighted by atomic mass is 10.1. The summed E-state index contributed by atoms with van der Waals surface area (Å²) < 4.78 is 7.18. The highest BCUT2D eigenvalue weighted by molar-refractivity contribution is 5.40. The Morgan fingerprint density at radius 2 is 1.81 bits per heavy atom. The fourth-order valence-corrected chi connectivity index (χ4v) is 2.32. The van der Waals surface area contributed by atoms with Crippen LogP contribution in [0.1, 0.15) is 37.9 Å². The van der Waals surface area contributed by atoms with Crippen molar-refractivity contribution >= 4 is 0 Å². The zero-order chi connectivity index (χ0) is 15.4. The zero-order valence-electron chi connectivity index (χ0n) is 12.8.